The first-order valence-electron chi connectivity index (χ1n) is 7.15. The van der Waals surface area contributed by atoms with Gasteiger partial charge < -0.3 is 5.32 Å². The lowest BCUT2D eigenvalue weighted by molar-refractivity contribution is 0.163. The van der Waals surface area contributed by atoms with Gasteiger partial charge in [0, 0.05) is 42.8 Å². The summed E-state index contributed by atoms with van der Waals surface area (Å²) in [4.78, 5) is 2.32. The molecule has 0 aromatic heterocycles. The van der Waals surface area contributed by atoms with E-state index in [1.807, 2.05) is 6.08 Å². The molecule has 1 aromatic rings. The van der Waals surface area contributed by atoms with Gasteiger partial charge in [0.25, 0.3) is 0 Å². The molecule has 1 aromatic carbocycles. The molecule has 0 spiro atoms. The fourth-order valence-corrected chi connectivity index (χ4v) is 3.03. The van der Waals surface area contributed by atoms with Crippen LogP contribution in [0, 0.1) is 12.7 Å². The van der Waals surface area contributed by atoms with Gasteiger partial charge in [-0.1, -0.05) is 23.7 Å². The highest BCUT2D eigenvalue weighted by molar-refractivity contribution is 6.31. The highest BCUT2D eigenvalue weighted by atomic mass is 35.5. The van der Waals surface area contributed by atoms with Gasteiger partial charge in [0.1, 0.15) is 5.82 Å². The summed E-state index contributed by atoms with van der Waals surface area (Å²) >= 11 is 6.29. The topological polar surface area (TPSA) is 15.3 Å². The number of allylic oxidation sites excluding steroid dienone is 1. The number of aryl methyl sites for hydroxylation is 1. The highest BCUT2D eigenvalue weighted by Crippen LogP contribution is 2.34. The average Bonchev–Trinajstić information content (AvgIpc) is 2.47. The number of hydrogen-bond donors (Lipinski definition) is 1. The summed E-state index contributed by atoms with van der Waals surface area (Å²) in [6, 6.07) is 3.57. The van der Waals surface area contributed by atoms with E-state index in [1.54, 1.807) is 19.1 Å². The maximum atomic E-state index is 14.5. The minimum absolute atomic E-state index is 0. The smallest absolute Gasteiger partial charge is 0.132 e. The SMILES string of the molecule is C=CCC[C@@H](c1c(Cl)ccc(C)c1F)N1CCNCC1.Cl.Cl. The molecule has 22 heavy (non-hydrogen) atoms. The monoisotopic (exact) mass is 368 g/mol. The van der Waals surface area contributed by atoms with Gasteiger partial charge in [-0.2, -0.15) is 0 Å². The van der Waals surface area contributed by atoms with E-state index in [0.717, 1.165) is 39.0 Å². The summed E-state index contributed by atoms with van der Waals surface area (Å²) in [7, 11) is 0. The van der Waals surface area contributed by atoms with Crippen LogP contribution in [0.5, 0.6) is 0 Å². The molecule has 1 aliphatic heterocycles. The largest absolute Gasteiger partial charge is 0.314 e. The van der Waals surface area contributed by atoms with E-state index in [0.29, 0.717) is 16.1 Å². The lowest BCUT2D eigenvalue weighted by Crippen LogP contribution is -2.45. The van der Waals surface area contributed by atoms with Crippen LogP contribution in [-0.2, 0) is 0 Å². The first-order chi connectivity index (χ1) is 9.65. The molecule has 1 saturated heterocycles. The van der Waals surface area contributed by atoms with Crippen LogP contribution in [0.4, 0.5) is 4.39 Å². The molecule has 2 rings (SSSR count). The molecule has 1 fully saturated rings. The number of rotatable bonds is 5. The highest BCUT2D eigenvalue weighted by Gasteiger charge is 2.26. The normalized spacial score (nSPS) is 16.3. The molecule has 1 aliphatic rings. The average molecular weight is 370 g/mol. The maximum Gasteiger partial charge on any atom is 0.132 e. The second kappa shape index (κ2) is 10.5. The molecule has 0 unspecified atom stereocenters. The second-order valence-corrected chi connectivity index (χ2v) is 5.67. The van der Waals surface area contributed by atoms with Gasteiger partial charge in [0.15, 0.2) is 0 Å². The van der Waals surface area contributed by atoms with Crippen LogP contribution in [0.2, 0.25) is 5.02 Å². The molecule has 0 amide bonds. The van der Waals surface area contributed by atoms with Crippen molar-refractivity contribution in [3.63, 3.8) is 0 Å². The molecule has 1 heterocycles. The van der Waals surface area contributed by atoms with Gasteiger partial charge >= 0.3 is 0 Å². The van der Waals surface area contributed by atoms with Gasteiger partial charge in [-0.3, -0.25) is 4.90 Å². The van der Waals surface area contributed by atoms with E-state index in [4.69, 9.17) is 11.6 Å². The fraction of sp³-hybridized carbons (Fsp3) is 0.500. The molecular formula is C16H24Cl3FN2. The van der Waals surface area contributed by atoms with Gasteiger partial charge in [0.2, 0.25) is 0 Å². The first-order valence-corrected chi connectivity index (χ1v) is 7.53. The third-order valence-corrected chi connectivity index (χ3v) is 4.22. The summed E-state index contributed by atoms with van der Waals surface area (Å²) in [5.41, 5.74) is 1.30. The zero-order valence-corrected chi connectivity index (χ0v) is 15.2. The van der Waals surface area contributed by atoms with Gasteiger partial charge in [-0.05, 0) is 31.4 Å². The first kappa shape index (κ1) is 21.7. The van der Waals surface area contributed by atoms with Crippen LogP contribution < -0.4 is 5.32 Å². The van der Waals surface area contributed by atoms with Crippen molar-refractivity contribution in [3.8, 4) is 0 Å². The van der Waals surface area contributed by atoms with Crippen molar-refractivity contribution in [2.24, 2.45) is 0 Å². The fourth-order valence-electron chi connectivity index (χ4n) is 2.76. The predicted molar refractivity (Wildman–Crippen MR) is 97.3 cm³/mol. The standard InChI is InChI=1S/C16H22ClFN2.2ClH/c1-3-4-5-14(20-10-8-19-9-11-20)15-13(17)7-6-12(2)16(15)18;;/h3,6-7,14,19H,1,4-5,8-11H2,2H3;2*1H/t14-;;/m0../s1. The third-order valence-electron chi connectivity index (χ3n) is 3.89. The molecular weight excluding hydrogens is 346 g/mol. The molecule has 1 N–H and O–H groups in total. The van der Waals surface area contributed by atoms with Crippen molar-refractivity contribution >= 4 is 36.4 Å². The predicted octanol–water partition coefficient (Wildman–Crippen LogP) is 4.54. The molecule has 6 heteroatoms. The van der Waals surface area contributed by atoms with Crippen molar-refractivity contribution in [2.45, 2.75) is 25.8 Å². The van der Waals surface area contributed by atoms with E-state index >= 15 is 0 Å². The van der Waals surface area contributed by atoms with Gasteiger partial charge in [-0.25, -0.2) is 4.39 Å². The number of hydrogen-bond acceptors (Lipinski definition) is 2. The molecule has 0 radical (unpaired) electrons. The Morgan fingerprint density at radius 3 is 2.59 bits per heavy atom. The zero-order valence-electron chi connectivity index (χ0n) is 12.8. The van der Waals surface area contributed by atoms with Crippen LogP contribution in [-0.4, -0.2) is 31.1 Å². The zero-order chi connectivity index (χ0) is 14.5. The number of nitrogens with zero attached hydrogens (tertiary/aromatic N) is 1. The summed E-state index contributed by atoms with van der Waals surface area (Å²) in [5.74, 6) is -0.162. The van der Waals surface area contributed by atoms with Crippen LogP contribution in [0.1, 0.15) is 30.0 Å². The second-order valence-electron chi connectivity index (χ2n) is 5.26. The number of piperazine rings is 1. The molecule has 1 atom stereocenters. The van der Waals surface area contributed by atoms with Crippen LogP contribution in [0.3, 0.4) is 0 Å². The minimum Gasteiger partial charge on any atom is -0.314 e. The third kappa shape index (κ3) is 5.10. The van der Waals surface area contributed by atoms with Crippen molar-refractivity contribution in [3.05, 3.63) is 46.8 Å². The Labute approximate surface area is 149 Å². The van der Waals surface area contributed by atoms with Crippen LogP contribution >= 0.6 is 36.4 Å². The lowest BCUT2D eigenvalue weighted by Gasteiger charge is -2.36. The Morgan fingerprint density at radius 1 is 1.36 bits per heavy atom. The lowest BCUT2D eigenvalue weighted by atomic mass is 9.97. The van der Waals surface area contributed by atoms with Crippen molar-refractivity contribution in [2.75, 3.05) is 26.2 Å². The van der Waals surface area contributed by atoms with E-state index in [1.165, 1.54) is 0 Å². The van der Waals surface area contributed by atoms with Gasteiger partial charge in [-0.15, -0.1) is 31.4 Å². The Balaban J connectivity index is 0.00000220. The van der Waals surface area contributed by atoms with Crippen molar-refractivity contribution < 1.29 is 4.39 Å². The molecule has 0 saturated carbocycles. The number of benzene rings is 1. The molecule has 0 aliphatic carbocycles. The van der Waals surface area contributed by atoms with Gasteiger partial charge in [0.05, 0.1) is 0 Å². The Morgan fingerprint density at radius 2 is 2.00 bits per heavy atom. The molecule has 2 nitrogen and oxygen atoms in total. The van der Waals surface area contributed by atoms with Crippen molar-refractivity contribution in [1.29, 1.82) is 0 Å². The van der Waals surface area contributed by atoms with E-state index in [-0.39, 0.29) is 36.7 Å². The van der Waals surface area contributed by atoms with E-state index in [9.17, 15) is 4.39 Å². The van der Waals surface area contributed by atoms with E-state index < -0.39 is 0 Å². The quantitative estimate of drug-likeness (QED) is 0.766. The summed E-state index contributed by atoms with van der Waals surface area (Å²) in [6.45, 7) is 9.29. The van der Waals surface area contributed by atoms with E-state index in [2.05, 4.69) is 16.8 Å². The van der Waals surface area contributed by atoms with Crippen LogP contribution in [0.25, 0.3) is 0 Å². The minimum atomic E-state index is -0.162. The summed E-state index contributed by atoms with van der Waals surface area (Å²) in [6.07, 6.45) is 3.60. The maximum absolute atomic E-state index is 14.5. The summed E-state index contributed by atoms with van der Waals surface area (Å²) < 4.78 is 14.5. The van der Waals surface area contributed by atoms with Crippen molar-refractivity contribution in [1.82, 2.24) is 10.2 Å². The Hall–Kier alpha value is -0.320. The van der Waals surface area contributed by atoms with Crippen LogP contribution in [0.15, 0.2) is 24.8 Å². The summed E-state index contributed by atoms with van der Waals surface area (Å²) in [5, 5.41) is 3.86. The number of nitrogens with one attached hydrogen (secondary N) is 1. The molecule has 0 bridgehead atoms. The Bertz CT molecular complexity index is 477. The Kier molecular flexibility index (Phi) is 10.3. The molecule has 126 valence electrons. The number of halogens is 4.